The molecule has 0 fully saturated rings. The molecule has 0 heterocycles. The van der Waals surface area contributed by atoms with Gasteiger partial charge < -0.3 is 19.7 Å². The monoisotopic (exact) mass is 230 g/mol. The lowest BCUT2D eigenvalue weighted by Crippen LogP contribution is -2.14. The summed E-state index contributed by atoms with van der Waals surface area (Å²) < 4.78 is 22.0. The van der Waals surface area contributed by atoms with Gasteiger partial charge in [-0.3, -0.25) is 0 Å². The molecule has 1 aromatic carbocycles. The van der Waals surface area contributed by atoms with Crippen LogP contribution in [0.4, 0.5) is 4.39 Å². The number of benzene rings is 1. The van der Waals surface area contributed by atoms with Gasteiger partial charge in [0.1, 0.15) is 0 Å². The molecule has 1 atom stereocenters. The number of aliphatic hydroxyl groups is 1. The third-order valence-corrected chi connectivity index (χ3v) is 2.04. The highest BCUT2D eigenvalue weighted by atomic mass is 19.1. The Labute approximate surface area is 91.0 Å². The Morgan fingerprint density at radius 1 is 1.44 bits per heavy atom. The van der Waals surface area contributed by atoms with Crippen molar-refractivity contribution in [3.05, 3.63) is 23.5 Å². The van der Waals surface area contributed by atoms with Crippen LogP contribution in [0.2, 0.25) is 0 Å². The van der Waals surface area contributed by atoms with Gasteiger partial charge in [0.15, 0.2) is 23.4 Å². The van der Waals surface area contributed by atoms with Crippen molar-refractivity contribution in [2.45, 2.75) is 6.10 Å². The van der Waals surface area contributed by atoms with Crippen LogP contribution in [0.3, 0.4) is 0 Å². The second kappa shape index (κ2) is 4.80. The van der Waals surface area contributed by atoms with Crippen molar-refractivity contribution >= 4 is 5.97 Å². The van der Waals surface area contributed by atoms with Gasteiger partial charge in [0.25, 0.3) is 0 Å². The molecule has 0 saturated heterocycles. The summed E-state index contributed by atoms with van der Waals surface area (Å²) in [7, 11) is 2.25. The summed E-state index contributed by atoms with van der Waals surface area (Å²) in [5.41, 5.74) is -0.176. The fraction of sp³-hybridized carbons (Fsp3) is 0.300. The Morgan fingerprint density at radius 2 is 2.06 bits per heavy atom. The number of methoxy groups -OCH3 is 2. The van der Waals surface area contributed by atoms with Gasteiger partial charge in [0, 0.05) is 5.56 Å². The number of aromatic hydroxyl groups is 1. The molecule has 0 aliphatic rings. The summed E-state index contributed by atoms with van der Waals surface area (Å²) in [5, 5.41) is 19.0. The zero-order valence-electron chi connectivity index (χ0n) is 8.73. The number of rotatable bonds is 3. The summed E-state index contributed by atoms with van der Waals surface area (Å²) in [4.78, 5) is 11.0. The van der Waals surface area contributed by atoms with E-state index < -0.39 is 29.4 Å². The third kappa shape index (κ3) is 2.06. The predicted molar refractivity (Wildman–Crippen MR) is 51.6 cm³/mol. The molecular formula is C10H11FO5. The van der Waals surface area contributed by atoms with E-state index in [1.54, 1.807) is 0 Å². The first kappa shape index (κ1) is 12.3. The highest BCUT2D eigenvalue weighted by molar-refractivity contribution is 5.77. The molecule has 1 rings (SSSR count). The molecule has 0 bridgehead atoms. The van der Waals surface area contributed by atoms with Crippen LogP contribution in [0, 0.1) is 5.82 Å². The first-order valence-electron chi connectivity index (χ1n) is 4.34. The lowest BCUT2D eigenvalue weighted by molar-refractivity contribution is -0.150. The molecule has 1 aromatic rings. The van der Waals surface area contributed by atoms with E-state index in [1.165, 1.54) is 0 Å². The number of carbonyl (C=O) groups is 1. The maximum Gasteiger partial charge on any atom is 0.339 e. The standard InChI is InChI=1S/C10H11FO5/c1-15-9-6(11)4-3-5(7(9)12)8(13)10(14)16-2/h3-4,8,12-13H,1-2H3. The molecule has 16 heavy (non-hydrogen) atoms. The maximum absolute atomic E-state index is 13.1. The summed E-state index contributed by atoms with van der Waals surface area (Å²) in [6.45, 7) is 0. The maximum atomic E-state index is 13.1. The SMILES string of the molecule is COC(=O)C(O)c1ccc(F)c(OC)c1O. The van der Waals surface area contributed by atoms with Crippen LogP contribution in [-0.2, 0) is 9.53 Å². The van der Waals surface area contributed by atoms with Gasteiger partial charge in [-0.05, 0) is 12.1 Å². The van der Waals surface area contributed by atoms with Gasteiger partial charge in [-0.1, -0.05) is 0 Å². The lowest BCUT2D eigenvalue weighted by Gasteiger charge is -2.13. The second-order valence-corrected chi connectivity index (χ2v) is 2.94. The summed E-state index contributed by atoms with van der Waals surface area (Å²) in [5.74, 6) is -2.80. The molecule has 0 saturated carbocycles. The van der Waals surface area contributed by atoms with Crippen LogP contribution in [0.5, 0.6) is 11.5 Å². The Bertz CT molecular complexity index is 404. The van der Waals surface area contributed by atoms with Crippen LogP contribution in [-0.4, -0.2) is 30.4 Å². The van der Waals surface area contributed by atoms with E-state index in [2.05, 4.69) is 9.47 Å². The molecule has 1 unspecified atom stereocenters. The average molecular weight is 230 g/mol. The molecule has 88 valence electrons. The Hall–Kier alpha value is -1.82. The molecule has 0 radical (unpaired) electrons. The number of phenols is 1. The van der Waals surface area contributed by atoms with Crippen LogP contribution < -0.4 is 4.74 Å². The van der Waals surface area contributed by atoms with Crippen molar-refractivity contribution in [1.29, 1.82) is 0 Å². The minimum atomic E-state index is -1.68. The van der Waals surface area contributed by atoms with Gasteiger partial charge in [-0.15, -0.1) is 0 Å². The van der Waals surface area contributed by atoms with Crippen LogP contribution in [0.25, 0.3) is 0 Å². The van der Waals surface area contributed by atoms with Gasteiger partial charge in [0.05, 0.1) is 14.2 Å². The number of hydrogen-bond donors (Lipinski definition) is 2. The number of phenolic OH excluding ortho intramolecular Hbond substituents is 1. The first-order valence-corrected chi connectivity index (χ1v) is 4.34. The van der Waals surface area contributed by atoms with Crippen LogP contribution >= 0.6 is 0 Å². The molecule has 0 aliphatic carbocycles. The lowest BCUT2D eigenvalue weighted by atomic mass is 10.1. The highest BCUT2D eigenvalue weighted by Crippen LogP contribution is 2.36. The van der Waals surface area contributed by atoms with E-state index in [1.807, 2.05) is 0 Å². The van der Waals surface area contributed by atoms with Gasteiger partial charge in [0.2, 0.25) is 0 Å². The Balaban J connectivity index is 3.20. The van der Waals surface area contributed by atoms with E-state index in [9.17, 15) is 19.4 Å². The number of halogens is 1. The molecule has 0 aromatic heterocycles. The van der Waals surface area contributed by atoms with E-state index >= 15 is 0 Å². The van der Waals surface area contributed by atoms with Gasteiger partial charge in [-0.2, -0.15) is 0 Å². The summed E-state index contributed by atoms with van der Waals surface area (Å²) in [6.07, 6.45) is -1.68. The largest absolute Gasteiger partial charge is 0.504 e. The number of esters is 1. The molecular weight excluding hydrogens is 219 g/mol. The fourth-order valence-corrected chi connectivity index (χ4v) is 1.22. The normalized spacial score (nSPS) is 12.0. The smallest absolute Gasteiger partial charge is 0.339 e. The second-order valence-electron chi connectivity index (χ2n) is 2.94. The van der Waals surface area contributed by atoms with E-state index in [0.29, 0.717) is 0 Å². The van der Waals surface area contributed by atoms with Crippen LogP contribution in [0.1, 0.15) is 11.7 Å². The van der Waals surface area contributed by atoms with Crippen LogP contribution in [0.15, 0.2) is 12.1 Å². The van der Waals surface area contributed by atoms with Gasteiger partial charge in [-0.25, -0.2) is 9.18 Å². The molecule has 0 spiro atoms. The number of aliphatic hydroxyl groups excluding tert-OH is 1. The fourth-order valence-electron chi connectivity index (χ4n) is 1.22. The van der Waals surface area contributed by atoms with E-state index in [-0.39, 0.29) is 5.56 Å². The van der Waals surface area contributed by atoms with Crippen molar-refractivity contribution in [1.82, 2.24) is 0 Å². The summed E-state index contributed by atoms with van der Waals surface area (Å²) in [6, 6.07) is 2.05. The average Bonchev–Trinajstić information content (AvgIpc) is 2.28. The van der Waals surface area contributed by atoms with Crippen molar-refractivity contribution in [2.24, 2.45) is 0 Å². The highest BCUT2D eigenvalue weighted by Gasteiger charge is 2.24. The number of hydrogen-bond acceptors (Lipinski definition) is 5. The topological polar surface area (TPSA) is 76.0 Å². The zero-order chi connectivity index (χ0) is 12.3. The minimum absolute atomic E-state index is 0.176. The van der Waals surface area contributed by atoms with Crippen molar-refractivity contribution in [2.75, 3.05) is 14.2 Å². The summed E-state index contributed by atoms with van der Waals surface area (Å²) >= 11 is 0. The Kier molecular flexibility index (Phi) is 3.68. The predicted octanol–water partition coefficient (Wildman–Crippen LogP) is 0.746. The minimum Gasteiger partial charge on any atom is -0.504 e. The molecule has 5 nitrogen and oxygen atoms in total. The quantitative estimate of drug-likeness (QED) is 0.749. The molecule has 2 N–H and O–H groups in total. The number of ether oxygens (including phenoxy) is 2. The van der Waals surface area contributed by atoms with Crippen molar-refractivity contribution < 1.29 is 28.9 Å². The van der Waals surface area contributed by atoms with Crippen molar-refractivity contribution in [3.63, 3.8) is 0 Å². The molecule has 6 heteroatoms. The third-order valence-electron chi connectivity index (χ3n) is 2.04. The van der Waals surface area contributed by atoms with Crippen molar-refractivity contribution in [3.8, 4) is 11.5 Å². The number of carbonyl (C=O) groups excluding carboxylic acids is 1. The van der Waals surface area contributed by atoms with E-state index in [0.717, 1.165) is 26.4 Å². The molecule has 0 aliphatic heterocycles. The first-order chi connectivity index (χ1) is 7.52. The zero-order valence-corrected chi connectivity index (χ0v) is 8.73. The molecule has 0 amide bonds. The van der Waals surface area contributed by atoms with Gasteiger partial charge >= 0.3 is 5.97 Å². The van der Waals surface area contributed by atoms with E-state index in [4.69, 9.17) is 0 Å². The Morgan fingerprint density at radius 3 is 2.56 bits per heavy atom.